The molecule has 0 amide bonds. The Bertz CT molecular complexity index is 1360. The first-order valence-corrected chi connectivity index (χ1v) is 15.6. The number of hydrogen-bond acceptors (Lipinski definition) is 0. The van der Waals surface area contributed by atoms with E-state index in [0.29, 0.717) is 0 Å². The van der Waals surface area contributed by atoms with Gasteiger partial charge in [0.15, 0.2) is 0 Å². The lowest BCUT2D eigenvalue weighted by Crippen LogP contribution is -1.89. The summed E-state index contributed by atoms with van der Waals surface area (Å²) in [5.41, 5.74) is 2.50. The van der Waals surface area contributed by atoms with Crippen LogP contribution in [0.2, 0.25) is 0 Å². The standard InChI is InChI=1S/C36H30S2/c1-5-13-31(14-6-1)37(32-15-7-2-8-16-32)35-25-21-29(22-26-35)30-23-27-36(28-24-30)38(33-17-9-3-10-18-33)34-19-11-4-12-20-34/h1-28,37-38H. The Hall–Kier alpha value is -3.98. The Morgan fingerprint density at radius 1 is 0.211 bits per heavy atom. The van der Waals surface area contributed by atoms with Crippen LogP contribution in [0.1, 0.15) is 0 Å². The maximum absolute atomic E-state index is 2.32. The zero-order valence-electron chi connectivity index (χ0n) is 21.1. The minimum absolute atomic E-state index is 0.590. The van der Waals surface area contributed by atoms with Crippen LogP contribution in [0.3, 0.4) is 0 Å². The maximum Gasteiger partial charge on any atom is -0.00448 e. The summed E-state index contributed by atoms with van der Waals surface area (Å²) in [6.45, 7) is 0. The van der Waals surface area contributed by atoms with Gasteiger partial charge in [-0.3, -0.25) is 0 Å². The van der Waals surface area contributed by atoms with Crippen molar-refractivity contribution in [2.24, 2.45) is 0 Å². The molecular formula is C36H30S2. The summed E-state index contributed by atoms with van der Waals surface area (Å²) in [7, 11) is -1.18. The van der Waals surface area contributed by atoms with Crippen molar-refractivity contribution in [3.05, 3.63) is 170 Å². The van der Waals surface area contributed by atoms with E-state index in [1.807, 2.05) is 0 Å². The highest BCUT2D eigenvalue weighted by Gasteiger charge is 2.14. The summed E-state index contributed by atoms with van der Waals surface area (Å²) in [4.78, 5) is 8.24. The predicted molar refractivity (Wildman–Crippen MR) is 165 cm³/mol. The van der Waals surface area contributed by atoms with Crippen LogP contribution in [0.25, 0.3) is 11.1 Å². The van der Waals surface area contributed by atoms with E-state index in [1.54, 1.807) is 0 Å². The molecule has 0 bridgehead atoms. The van der Waals surface area contributed by atoms with E-state index >= 15 is 0 Å². The summed E-state index contributed by atoms with van der Waals surface area (Å²) >= 11 is 0. The van der Waals surface area contributed by atoms with Gasteiger partial charge in [0, 0.05) is 0 Å². The molecule has 0 fully saturated rings. The van der Waals surface area contributed by atoms with Gasteiger partial charge in [-0.25, -0.2) is 0 Å². The Morgan fingerprint density at radius 3 is 0.658 bits per heavy atom. The number of hydrogen-bond donors (Lipinski definition) is 2. The molecule has 0 aromatic heterocycles. The van der Waals surface area contributed by atoms with Crippen molar-refractivity contribution in [2.75, 3.05) is 0 Å². The van der Waals surface area contributed by atoms with E-state index in [2.05, 4.69) is 170 Å². The topological polar surface area (TPSA) is 0 Å². The Labute approximate surface area is 231 Å². The molecule has 0 radical (unpaired) electrons. The molecule has 0 aliphatic rings. The van der Waals surface area contributed by atoms with E-state index in [4.69, 9.17) is 0 Å². The van der Waals surface area contributed by atoms with Crippen LogP contribution >= 0.6 is 21.8 Å². The molecule has 2 heteroatoms. The second kappa shape index (κ2) is 11.6. The van der Waals surface area contributed by atoms with Gasteiger partial charge >= 0.3 is 0 Å². The number of rotatable bonds is 7. The first-order chi connectivity index (χ1) is 18.9. The molecule has 38 heavy (non-hydrogen) atoms. The molecular weight excluding hydrogens is 497 g/mol. The first-order valence-electron chi connectivity index (χ1n) is 12.9. The Morgan fingerprint density at radius 2 is 0.421 bits per heavy atom. The molecule has 0 N–H and O–H groups in total. The minimum atomic E-state index is -0.590. The first kappa shape index (κ1) is 24.4. The lowest BCUT2D eigenvalue weighted by atomic mass is 10.1. The molecule has 6 aromatic carbocycles. The second-order valence-electron chi connectivity index (χ2n) is 9.11. The van der Waals surface area contributed by atoms with Gasteiger partial charge in [0.05, 0.1) is 0 Å². The van der Waals surface area contributed by atoms with Crippen molar-refractivity contribution >= 4 is 21.8 Å². The zero-order chi connectivity index (χ0) is 25.6. The molecule has 186 valence electrons. The Kier molecular flexibility index (Phi) is 7.44. The van der Waals surface area contributed by atoms with Crippen molar-refractivity contribution in [1.82, 2.24) is 0 Å². The fourth-order valence-corrected chi connectivity index (χ4v) is 9.37. The highest BCUT2D eigenvalue weighted by molar-refractivity contribution is 8.17. The summed E-state index contributed by atoms with van der Waals surface area (Å²) in [5, 5.41) is 0. The maximum atomic E-state index is 2.32. The van der Waals surface area contributed by atoms with E-state index in [0.717, 1.165) is 0 Å². The van der Waals surface area contributed by atoms with E-state index in [1.165, 1.54) is 40.5 Å². The van der Waals surface area contributed by atoms with Gasteiger partial charge in [-0.1, -0.05) is 97.1 Å². The lowest BCUT2D eigenvalue weighted by molar-refractivity contribution is 1.32. The van der Waals surface area contributed by atoms with Crippen LogP contribution in [-0.2, 0) is 0 Å². The molecule has 0 spiro atoms. The van der Waals surface area contributed by atoms with E-state index in [-0.39, 0.29) is 0 Å². The molecule has 0 nitrogen and oxygen atoms in total. The molecule has 6 aromatic rings. The van der Waals surface area contributed by atoms with Gasteiger partial charge in [-0.05, 0) is 113 Å². The predicted octanol–water partition coefficient (Wildman–Crippen LogP) is 10.3. The van der Waals surface area contributed by atoms with Crippen molar-refractivity contribution < 1.29 is 0 Å². The summed E-state index contributed by atoms with van der Waals surface area (Å²) in [6, 6.07) is 61.9. The molecule has 0 aliphatic carbocycles. The van der Waals surface area contributed by atoms with Crippen molar-refractivity contribution in [1.29, 1.82) is 0 Å². The van der Waals surface area contributed by atoms with Gasteiger partial charge in [0.1, 0.15) is 0 Å². The summed E-state index contributed by atoms with van der Waals surface area (Å²) in [5.74, 6) is 0. The van der Waals surface area contributed by atoms with Gasteiger partial charge in [0.25, 0.3) is 0 Å². The van der Waals surface area contributed by atoms with Crippen LogP contribution < -0.4 is 0 Å². The van der Waals surface area contributed by atoms with Crippen LogP contribution in [0.15, 0.2) is 199 Å². The molecule has 0 atom stereocenters. The minimum Gasteiger partial charge on any atom is -0.173 e. The molecule has 6 rings (SSSR count). The fraction of sp³-hybridized carbons (Fsp3) is 0. The second-order valence-corrected chi connectivity index (χ2v) is 13.5. The average Bonchev–Trinajstić information content (AvgIpc) is 3.00. The van der Waals surface area contributed by atoms with Crippen LogP contribution in [0.4, 0.5) is 0 Å². The van der Waals surface area contributed by atoms with Crippen LogP contribution in [-0.4, -0.2) is 0 Å². The Balaban J connectivity index is 1.31. The molecule has 0 heterocycles. The fourth-order valence-electron chi connectivity index (χ4n) is 4.81. The van der Waals surface area contributed by atoms with Gasteiger partial charge in [-0.2, -0.15) is 21.8 Å². The molecule has 0 unspecified atom stereocenters. The molecule has 0 saturated heterocycles. The van der Waals surface area contributed by atoms with Crippen LogP contribution in [0.5, 0.6) is 0 Å². The van der Waals surface area contributed by atoms with Crippen molar-refractivity contribution in [2.45, 2.75) is 29.4 Å². The zero-order valence-corrected chi connectivity index (χ0v) is 22.8. The summed E-state index contributed by atoms with van der Waals surface area (Å²) in [6.07, 6.45) is 0. The third-order valence-corrected chi connectivity index (χ3v) is 11.5. The molecule has 0 saturated carbocycles. The van der Waals surface area contributed by atoms with E-state index in [9.17, 15) is 0 Å². The monoisotopic (exact) mass is 526 g/mol. The normalized spacial score (nSPS) is 11.6. The highest BCUT2D eigenvalue weighted by atomic mass is 32.2. The third kappa shape index (κ3) is 5.33. The van der Waals surface area contributed by atoms with Gasteiger partial charge in [-0.15, -0.1) is 0 Å². The smallest absolute Gasteiger partial charge is 0.00448 e. The molecule has 0 aliphatic heterocycles. The van der Waals surface area contributed by atoms with E-state index < -0.39 is 21.8 Å². The lowest BCUT2D eigenvalue weighted by Gasteiger charge is -2.24. The third-order valence-electron chi connectivity index (χ3n) is 6.64. The van der Waals surface area contributed by atoms with Gasteiger partial charge in [0.2, 0.25) is 0 Å². The quantitative estimate of drug-likeness (QED) is 0.190. The number of thiol groups is 2. The van der Waals surface area contributed by atoms with Gasteiger partial charge < -0.3 is 0 Å². The largest absolute Gasteiger partial charge is 0.173 e. The SMILES string of the molecule is c1ccc([SH](c2ccccc2)c2ccc(-c3ccc([SH](c4ccccc4)c4ccccc4)cc3)cc2)cc1. The summed E-state index contributed by atoms with van der Waals surface area (Å²) < 4.78 is 0. The van der Waals surface area contributed by atoms with Crippen molar-refractivity contribution in [3.63, 3.8) is 0 Å². The highest BCUT2D eigenvalue weighted by Crippen LogP contribution is 2.52. The average molecular weight is 527 g/mol. The number of benzene rings is 6. The van der Waals surface area contributed by atoms with Crippen molar-refractivity contribution in [3.8, 4) is 11.1 Å². The van der Waals surface area contributed by atoms with Crippen LogP contribution in [0, 0.1) is 0 Å².